The average Bonchev–Trinajstić information content (AvgIpc) is 2.97. The van der Waals surface area contributed by atoms with Gasteiger partial charge in [-0.25, -0.2) is 4.98 Å². The Morgan fingerprint density at radius 2 is 2.09 bits per heavy atom. The zero-order valence-corrected chi connectivity index (χ0v) is 15.5. The maximum absolute atomic E-state index is 4.40. The molecule has 4 nitrogen and oxygen atoms in total. The summed E-state index contributed by atoms with van der Waals surface area (Å²) in [5, 5.41) is 7.72. The zero-order chi connectivity index (χ0) is 15.9. The van der Waals surface area contributed by atoms with Crippen LogP contribution in [0.25, 0.3) is 0 Å². The second kappa shape index (κ2) is 8.29. The molecule has 0 fully saturated rings. The van der Waals surface area contributed by atoms with E-state index >= 15 is 0 Å². The molecule has 22 heavy (non-hydrogen) atoms. The highest BCUT2D eigenvalue weighted by Crippen LogP contribution is 2.15. The molecular weight excluding hydrogens is 360 g/mol. The van der Waals surface area contributed by atoms with Gasteiger partial charge in [0.1, 0.15) is 5.01 Å². The molecule has 0 radical (unpaired) electrons. The van der Waals surface area contributed by atoms with Crippen LogP contribution in [0.15, 0.2) is 33.9 Å². The Kier molecular flexibility index (Phi) is 6.39. The van der Waals surface area contributed by atoms with Crippen LogP contribution in [0.5, 0.6) is 0 Å². The van der Waals surface area contributed by atoms with E-state index in [4.69, 9.17) is 0 Å². The number of nitrogens with one attached hydrogen (secondary N) is 2. The molecule has 0 bridgehead atoms. The van der Waals surface area contributed by atoms with Gasteiger partial charge in [-0.3, -0.25) is 4.99 Å². The first-order valence-corrected chi connectivity index (χ1v) is 8.86. The van der Waals surface area contributed by atoms with Crippen molar-refractivity contribution in [2.24, 2.45) is 4.99 Å². The highest BCUT2D eigenvalue weighted by atomic mass is 79.9. The van der Waals surface area contributed by atoms with Crippen molar-refractivity contribution in [3.05, 3.63) is 49.9 Å². The summed E-state index contributed by atoms with van der Waals surface area (Å²) in [4.78, 5) is 9.97. The molecule has 0 unspecified atom stereocenters. The van der Waals surface area contributed by atoms with E-state index in [1.165, 1.54) is 16.0 Å². The molecule has 2 aromatic rings. The van der Waals surface area contributed by atoms with E-state index in [0.717, 1.165) is 28.4 Å². The monoisotopic (exact) mass is 380 g/mol. The lowest BCUT2D eigenvalue weighted by atomic mass is 10.1. The lowest BCUT2D eigenvalue weighted by Crippen LogP contribution is -2.36. The third kappa shape index (κ3) is 4.81. The van der Waals surface area contributed by atoms with Crippen molar-refractivity contribution in [1.29, 1.82) is 0 Å². The Bertz CT molecular complexity index is 651. The molecule has 2 N–H and O–H groups in total. The number of hydrogen-bond donors (Lipinski definition) is 2. The first-order valence-electron chi connectivity index (χ1n) is 7.25. The quantitative estimate of drug-likeness (QED) is 0.614. The predicted octanol–water partition coefficient (Wildman–Crippen LogP) is 3.64. The molecule has 0 saturated heterocycles. The van der Waals surface area contributed by atoms with Crippen LogP contribution in [0.1, 0.15) is 27.9 Å². The third-order valence-electron chi connectivity index (χ3n) is 3.33. The smallest absolute Gasteiger partial charge is 0.191 e. The Morgan fingerprint density at radius 1 is 1.32 bits per heavy atom. The number of aromatic nitrogens is 1. The van der Waals surface area contributed by atoms with Crippen LogP contribution >= 0.6 is 27.3 Å². The number of nitrogens with zero attached hydrogens (tertiary/aromatic N) is 2. The summed E-state index contributed by atoms with van der Waals surface area (Å²) in [7, 11) is 1.78. The third-order valence-corrected chi connectivity index (χ3v) is 4.97. The van der Waals surface area contributed by atoms with Gasteiger partial charge in [-0.2, -0.15) is 0 Å². The molecule has 1 heterocycles. The summed E-state index contributed by atoms with van der Waals surface area (Å²) in [6.07, 6.45) is 2.98. The van der Waals surface area contributed by atoms with E-state index in [0.29, 0.717) is 6.54 Å². The molecule has 0 spiro atoms. The van der Waals surface area contributed by atoms with Crippen LogP contribution in [0.3, 0.4) is 0 Å². The molecule has 0 aliphatic carbocycles. The number of aryl methyl sites for hydroxylation is 2. The lowest BCUT2D eigenvalue weighted by molar-refractivity contribution is 0.802. The molecule has 0 saturated carbocycles. The SMILES string of the molecule is CCc1cnc(CNC(=NC)NCc2ccc(Br)cc2C)s1. The van der Waals surface area contributed by atoms with Crippen molar-refractivity contribution in [3.63, 3.8) is 0 Å². The van der Waals surface area contributed by atoms with Crippen LogP contribution in [0, 0.1) is 6.92 Å². The summed E-state index contributed by atoms with van der Waals surface area (Å²) >= 11 is 5.23. The molecule has 0 aliphatic rings. The van der Waals surface area contributed by atoms with E-state index in [2.05, 4.69) is 68.6 Å². The second-order valence-electron chi connectivity index (χ2n) is 4.92. The van der Waals surface area contributed by atoms with E-state index in [1.54, 1.807) is 18.4 Å². The van der Waals surface area contributed by atoms with Gasteiger partial charge in [-0.1, -0.05) is 28.9 Å². The zero-order valence-electron chi connectivity index (χ0n) is 13.1. The van der Waals surface area contributed by atoms with Gasteiger partial charge in [0.2, 0.25) is 0 Å². The largest absolute Gasteiger partial charge is 0.352 e. The van der Waals surface area contributed by atoms with Crippen LogP contribution in [0.4, 0.5) is 0 Å². The molecule has 1 aromatic carbocycles. The highest BCUT2D eigenvalue weighted by molar-refractivity contribution is 9.10. The topological polar surface area (TPSA) is 49.3 Å². The predicted molar refractivity (Wildman–Crippen MR) is 97.4 cm³/mol. The summed E-state index contributed by atoms with van der Waals surface area (Å²) in [6.45, 7) is 5.70. The fourth-order valence-corrected chi connectivity index (χ4v) is 3.29. The van der Waals surface area contributed by atoms with Crippen LogP contribution in [0.2, 0.25) is 0 Å². The number of hydrogen-bond acceptors (Lipinski definition) is 3. The van der Waals surface area contributed by atoms with Gasteiger partial charge in [0.05, 0.1) is 6.54 Å². The van der Waals surface area contributed by atoms with E-state index in [1.807, 2.05) is 6.20 Å². The lowest BCUT2D eigenvalue weighted by Gasteiger charge is -2.12. The summed E-state index contributed by atoms with van der Waals surface area (Å²) < 4.78 is 1.10. The molecule has 0 aliphatic heterocycles. The van der Waals surface area contributed by atoms with Gasteiger partial charge in [-0.05, 0) is 36.6 Å². The molecule has 0 amide bonds. The number of halogens is 1. The minimum absolute atomic E-state index is 0.698. The molecule has 6 heteroatoms. The number of benzene rings is 1. The summed E-state index contributed by atoms with van der Waals surface area (Å²) in [5.74, 6) is 0.788. The van der Waals surface area contributed by atoms with E-state index in [9.17, 15) is 0 Å². The van der Waals surface area contributed by atoms with Gasteiger partial charge in [0, 0.05) is 29.1 Å². The average molecular weight is 381 g/mol. The normalized spacial score (nSPS) is 11.5. The molecule has 0 atom stereocenters. The van der Waals surface area contributed by atoms with Crippen LogP contribution < -0.4 is 10.6 Å². The second-order valence-corrected chi connectivity index (χ2v) is 7.04. The van der Waals surface area contributed by atoms with Crippen molar-refractivity contribution >= 4 is 33.2 Å². The molecule has 118 valence electrons. The molecular formula is C16H21BrN4S. The fourth-order valence-electron chi connectivity index (χ4n) is 2.01. The Morgan fingerprint density at radius 3 is 2.73 bits per heavy atom. The van der Waals surface area contributed by atoms with Crippen molar-refractivity contribution in [1.82, 2.24) is 15.6 Å². The highest BCUT2D eigenvalue weighted by Gasteiger charge is 2.04. The number of thiazole rings is 1. The maximum atomic E-state index is 4.40. The van der Waals surface area contributed by atoms with E-state index < -0.39 is 0 Å². The summed E-state index contributed by atoms with van der Waals surface area (Å²) in [5.41, 5.74) is 2.51. The number of guanidine groups is 1. The Balaban J connectivity index is 1.87. The van der Waals surface area contributed by atoms with Crippen molar-refractivity contribution in [2.75, 3.05) is 7.05 Å². The molecule has 2 rings (SSSR count). The van der Waals surface area contributed by atoms with Crippen LogP contribution in [-0.4, -0.2) is 18.0 Å². The van der Waals surface area contributed by atoms with Crippen molar-refractivity contribution in [3.8, 4) is 0 Å². The van der Waals surface area contributed by atoms with Gasteiger partial charge in [0.15, 0.2) is 5.96 Å². The fraction of sp³-hybridized carbons (Fsp3) is 0.375. The van der Waals surface area contributed by atoms with Gasteiger partial charge in [-0.15, -0.1) is 11.3 Å². The minimum Gasteiger partial charge on any atom is -0.352 e. The van der Waals surface area contributed by atoms with Gasteiger partial charge in [0.25, 0.3) is 0 Å². The molecule has 1 aromatic heterocycles. The minimum atomic E-state index is 0.698. The standard InChI is InChI=1S/C16H21BrN4S/c1-4-14-9-19-15(22-14)10-21-16(18-3)20-8-12-5-6-13(17)7-11(12)2/h5-7,9H,4,8,10H2,1-3H3,(H2,18,20,21). The van der Waals surface area contributed by atoms with Gasteiger partial charge < -0.3 is 10.6 Å². The van der Waals surface area contributed by atoms with Crippen molar-refractivity contribution < 1.29 is 0 Å². The number of aliphatic imine (C=N–C) groups is 1. The van der Waals surface area contributed by atoms with Gasteiger partial charge >= 0.3 is 0 Å². The maximum Gasteiger partial charge on any atom is 0.191 e. The summed E-state index contributed by atoms with van der Waals surface area (Å²) in [6, 6.07) is 6.30. The Hall–Kier alpha value is -1.40. The first-order chi connectivity index (χ1) is 10.6. The Labute approximate surface area is 144 Å². The number of rotatable bonds is 5. The first kappa shape index (κ1) is 17.0. The van der Waals surface area contributed by atoms with Crippen LogP contribution in [-0.2, 0) is 19.5 Å². The van der Waals surface area contributed by atoms with E-state index in [-0.39, 0.29) is 0 Å². The van der Waals surface area contributed by atoms with Crippen molar-refractivity contribution in [2.45, 2.75) is 33.4 Å².